The fraction of sp³-hybridized carbons (Fsp3) is 0.667. The van der Waals surface area contributed by atoms with Crippen molar-refractivity contribution in [3.63, 3.8) is 0 Å². The first-order valence-electron chi connectivity index (χ1n) is 3.77. The first-order chi connectivity index (χ1) is 6.06. The Morgan fingerprint density at radius 2 is 2.13 bits per heavy atom. The van der Waals surface area contributed by atoms with Crippen LogP contribution in [0.1, 0.15) is 0 Å². The van der Waals surface area contributed by atoms with Gasteiger partial charge in [-0.2, -0.15) is 0 Å². The molecule has 0 saturated heterocycles. The zero-order chi connectivity index (χ0) is 10.0. The summed E-state index contributed by atoms with van der Waals surface area (Å²) >= 11 is 0. The molecule has 9 heteroatoms. The molecule has 0 saturated carbocycles. The molecular formula is C6H14Cl2N4O3. The number of carboxylic acid groups (broad SMARTS) is 1. The van der Waals surface area contributed by atoms with Gasteiger partial charge in [-0.1, -0.05) is 0 Å². The number of nitrogens with two attached hydrogens (primary N) is 2. The number of aliphatic hydroxyl groups excluding tert-OH is 1. The van der Waals surface area contributed by atoms with E-state index in [1.165, 1.54) is 0 Å². The molecule has 0 unspecified atom stereocenters. The molecule has 0 aliphatic carbocycles. The Morgan fingerprint density at radius 1 is 1.60 bits per heavy atom. The molecule has 0 aromatic heterocycles. The molecule has 0 aromatic rings. The van der Waals surface area contributed by atoms with Crippen LogP contribution in [0, 0.1) is 0 Å². The van der Waals surface area contributed by atoms with Gasteiger partial charge in [0.2, 0.25) is 0 Å². The monoisotopic (exact) mass is 260 g/mol. The number of hydrogen-bond donors (Lipinski definition) is 5. The number of halogens is 2. The van der Waals surface area contributed by atoms with Crippen LogP contribution in [-0.2, 0) is 4.79 Å². The first-order valence-corrected chi connectivity index (χ1v) is 3.77. The number of hydrogen-bond acceptors (Lipinski definition) is 6. The van der Waals surface area contributed by atoms with E-state index in [1.807, 2.05) is 0 Å². The maximum atomic E-state index is 10.6. The van der Waals surface area contributed by atoms with Gasteiger partial charge in [-0.3, -0.25) is 0 Å². The van der Waals surface area contributed by atoms with Crippen LogP contribution in [0.15, 0.2) is 4.99 Å². The van der Waals surface area contributed by atoms with E-state index >= 15 is 0 Å². The summed E-state index contributed by atoms with van der Waals surface area (Å²) in [6.45, 7) is -0.0375. The van der Waals surface area contributed by atoms with Crippen LogP contribution in [-0.4, -0.2) is 46.9 Å². The SMILES string of the molecule is Cl.Cl.NC[C@@H](O)[C@H]1NC(N)=N[C@@H]1C(=O)O. The van der Waals surface area contributed by atoms with Gasteiger partial charge in [0.1, 0.15) is 0 Å². The molecular weight excluding hydrogens is 247 g/mol. The van der Waals surface area contributed by atoms with Gasteiger partial charge < -0.3 is 27.0 Å². The van der Waals surface area contributed by atoms with E-state index in [4.69, 9.17) is 16.6 Å². The number of guanidine groups is 1. The first kappa shape index (κ1) is 16.7. The van der Waals surface area contributed by atoms with Crippen LogP contribution in [0.25, 0.3) is 0 Å². The third-order valence-corrected chi connectivity index (χ3v) is 1.84. The molecule has 0 amide bonds. The van der Waals surface area contributed by atoms with Crippen molar-refractivity contribution in [2.75, 3.05) is 6.54 Å². The fourth-order valence-electron chi connectivity index (χ4n) is 1.18. The highest BCUT2D eigenvalue weighted by atomic mass is 35.5. The van der Waals surface area contributed by atoms with Crippen molar-refractivity contribution in [3.8, 4) is 0 Å². The number of carboxylic acids is 1. The van der Waals surface area contributed by atoms with Crippen LogP contribution in [0.2, 0.25) is 0 Å². The Morgan fingerprint density at radius 3 is 2.53 bits per heavy atom. The Labute approximate surface area is 98.7 Å². The molecule has 7 nitrogen and oxygen atoms in total. The lowest BCUT2D eigenvalue weighted by Crippen LogP contribution is -2.51. The smallest absolute Gasteiger partial charge is 0.330 e. The van der Waals surface area contributed by atoms with Gasteiger partial charge in [0.15, 0.2) is 12.0 Å². The third-order valence-electron chi connectivity index (χ3n) is 1.84. The molecule has 15 heavy (non-hydrogen) atoms. The van der Waals surface area contributed by atoms with Gasteiger partial charge in [-0.25, -0.2) is 9.79 Å². The number of rotatable bonds is 3. The van der Waals surface area contributed by atoms with E-state index < -0.39 is 24.2 Å². The minimum Gasteiger partial charge on any atom is -0.480 e. The van der Waals surface area contributed by atoms with Crippen LogP contribution in [0.5, 0.6) is 0 Å². The highest BCUT2D eigenvalue weighted by molar-refractivity contribution is 5.87. The predicted molar refractivity (Wildman–Crippen MR) is 59.5 cm³/mol. The summed E-state index contributed by atoms with van der Waals surface area (Å²) in [6.07, 6.45) is -0.967. The molecule has 0 fully saturated rings. The van der Waals surface area contributed by atoms with Gasteiger partial charge in [0.25, 0.3) is 0 Å². The van der Waals surface area contributed by atoms with Gasteiger partial charge in [0, 0.05) is 6.54 Å². The lowest BCUT2D eigenvalue weighted by molar-refractivity contribution is -0.139. The van der Waals surface area contributed by atoms with E-state index in [0.29, 0.717) is 0 Å². The molecule has 1 rings (SSSR count). The Balaban J connectivity index is 0. The van der Waals surface area contributed by atoms with Crippen LogP contribution < -0.4 is 16.8 Å². The van der Waals surface area contributed by atoms with Crippen molar-refractivity contribution in [3.05, 3.63) is 0 Å². The highest BCUT2D eigenvalue weighted by Gasteiger charge is 2.37. The third kappa shape index (κ3) is 3.71. The van der Waals surface area contributed by atoms with E-state index in [1.54, 1.807) is 0 Å². The van der Waals surface area contributed by atoms with Gasteiger partial charge in [-0.15, -0.1) is 24.8 Å². The van der Waals surface area contributed by atoms with Crippen LogP contribution in [0.4, 0.5) is 0 Å². The average molecular weight is 261 g/mol. The minimum atomic E-state index is -1.13. The van der Waals surface area contributed by atoms with Crippen LogP contribution in [0.3, 0.4) is 0 Å². The number of aliphatic carboxylic acids is 1. The maximum Gasteiger partial charge on any atom is 0.330 e. The molecule has 0 spiro atoms. The number of nitrogens with one attached hydrogen (secondary N) is 1. The molecule has 1 aliphatic heterocycles. The zero-order valence-corrected chi connectivity index (χ0v) is 9.29. The Kier molecular flexibility index (Phi) is 7.41. The summed E-state index contributed by atoms with van der Waals surface area (Å²) in [5.74, 6) is -1.12. The Hall–Kier alpha value is -0.760. The van der Waals surface area contributed by atoms with Gasteiger partial charge in [0.05, 0.1) is 12.1 Å². The molecule has 7 N–H and O–H groups in total. The molecule has 0 radical (unpaired) electrons. The number of aliphatic imine (C=N–C) groups is 1. The topological polar surface area (TPSA) is 134 Å². The van der Waals surface area contributed by atoms with Crippen molar-refractivity contribution in [1.29, 1.82) is 0 Å². The zero-order valence-electron chi connectivity index (χ0n) is 7.66. The normalized spacial score (nSPS) is 25.3. The van der Waals surface area contributed by atoms with E-state index in [9.17, 15) is 9.90 Å². The number of carbonyl (C=O) groups is 1. The van der Waals surface area contributed by atoms with Crippen molar-refractivity contribution in [2.24, 2.45) is 16.5 Å². The lowest BCUT2D eigenvalue weighted by Gasteiger charge is -2.19. The van der Waals surface area contributed by atoms with Crippen molar-refractivity contribution >= 4 is 36.7 Å². The molecule has 1 aliphatic rings. The molecule has 0 aromatic carbocycles. The summed E-state index contributed by atoms with van der Waals surface area (Å²) in [4.78, 5) is 14.2. The summed E-state index contributed by atoms with van der Waals surface area (Å²) < 4.78 is 0. The summed E-state index contributed by atoms with van der Waals surface area (Å²) in [5, 5.41) is 20.6. The Bertz CT molecular complexity index is 251. The molecule has 0 bridgehead atoms. The standard InChI is InChI=1S/C6H12N4O3.2ClH/c7-1-2(11)3-4(5(12)13)10-6(8)9-3;;/h2-4,11H,1,7H2,(H,12,13)(H3,8,9,10);2*1H/t2-,3-,4+;;/m1../s1. The second-order valence-electron chi connectivity index (χ2n) is 2.77. The average Bonchev–Trinajstić information content (AvgIpc) is 2.46. The van der Waals surface area contributed by atoms with E-state index in [0.717, 1.165) is 0 Å². The maximum absolute atomic E-state index is 10.6. The largest absolute Gasteiger partial charge is 0.480 e. The molecule has 90 valence electrons. The summed E-state index contributed by atoms with van der Waals surface area (Å²) in [5.41, 5.74) is 10.5. The second-order valence-corrected chi connectivity index (χ2v) is 2.77. The molecule has 1 heterocycles. The lowest BCUT2D eigenvalue weighted by atomic mass is 10.0. The fourth-order valence-corrected chi connectivity index (χ4v) is 1.18. The molecule has 3 atom stereocenters. The summed E-state index contributed by atoms with van der Waals surface area (Å²) in [6, 6.07) is -1.79. The van der Waals surface area contributed by atoms with Crippen LogP contribution >= 0.6 is 24.8 Å². The van der Waals surface area contributed by atoms with Crippen molar-refractivity contribution in [1.82, 2.24) is 5.32 Å². The predicted octanol–water partition coefficient (Wildman–Crippen LogP) is -2.11. The van der Waals surface area contributed by atoms with E-state index in [2.05, 4.69) is 10.3 Å². The minimum absolute atomic E-state index is 0. The number of nitrogens with zero attached hydrogens (tertiary/aromatic N) is 1. The second kappa shape index (κ2) is 6.67. The number of aliphatic hydroxyl groups is 1. The van der Waals surface area contributed by atoms with Gasteiger partial charge >= 0.3 is 5.97 Å². The highest BCUT2D eigenvalue weighted by Crippen LogP contribution is 2.09. The van der Waals surface area contributed by atoms with Gasteiger partial charge in [-0.05, 0) is 0 Å². The van der Waals surface area contributed by atoms with E-state index in [-0.39, 0.29) is 37.3 Å². The summed E-state index contributed by atoms with van der Waals surface area (Å²) in [7, 11) is 0. The van der Waals surface area contributed by atoms with Crippen molar-refractivity contribution < 1.29 is 15.0 Å². The van der Waals surface area contributed by atoms with Crippen molar-refractivity contribution in [2.45, 2.75) is 18.2 Å². The quantitative estimate of drug-likeness (QED) is 0.394.